The zero-order chi connectivity index (χ0) is 20.1. The smallest absolute Gasteiger partial charge is 0.237 e. The minimum absolute atomic E-state index is 0.0275. The van der Waals surface area contributed by atoms with Crippen molar-refractivity contribution in [3.63, 3.8) is 0 Å². The molecule has 1 N–H and O–H groups in total. The molecule has 2 amide bonds. The highest BCUT2D eigenvalue weighted by Gasteiger charge is 2.33. The van der Waals surface area contributed by atoms with E-state index in [1.54, 1.807) is 0 Å². The molecule has 0 saturated carbocycles. The highest BCUT2D eigenvalue weighted by atomic mass is 16.2. The van der Waals surface area contributed by atoms with Gasteiger partial charge in [-0.05, 0) is 32.4 Å². The van der Waals surface area contributed by atoms with Gasteiger partial charge in [-0.2, -0.15) is 0 Å². The van der Waals surface area contributed by atoms with Gasteiger partial charge in [0.05, 0.1) is 12.5 Å². The maximum Gasteiger partial charge on any atom is 0.237 e. The zero-order valence-corrected chi connectivity index (χ0v) is 17.3. The van der Waals surface area contributed by atoms with Crippen LogP contribution in [0.3, 0.4) is 0 Å². The van der Waals surface area contributed by atoms with Crippen molar-refractivity contribution in [2.45, 2.75) is 33.2 Å². The fraction of sp³-hybridized carbons (Fsp3) is 0.545. The Balaban J connectivity index is 1.57. The number of carbonyl (C=O) groups excluding carboxylic acids is 2. The summed E-state index contributed by atoms with van der Waals surface area (Å²) in [6.45, 7) is 11.4. The Bertz CT molecular complexity index is 734. The normalized spacial score (nSPS) is 20.7. The number of carbonyl (C=O) groups is 2. The van der Waals surface area contributed by atoms with Crippen LogP contribution in [-0.2, 0) is 9.59 Å². The largest absolute Gasteiger partial charge is 0.368 e. The first-order valence-electron chi connectivity index (χ1n) is 10.2. The minimum Gasteiger partial charge on any atom is -0.368 e. The summed E-state index contributed by atoms with van der Waals surface area (Å²) < 4.78 is 0. The van der Waals surface area contributed by atoms with Crippen LogP contribution in [0.4, 0.5) is 5.69 Å². The molecule has 6 heteroatoms. The number of allylic oxidation sites excluding steroid dienone is 1. The third kappa shape index (κ3) is 4.93. The van der Waals surface area contributed by atoms with Crippen LogP contribution in [0.5, 0.6) is 0 Å². The number of para-hydroxylation sites is 1. The molecule has 2 aliphatic heterocycles. The van der Waals surface area contributed by atoms with Crippen LogP contribution < -0.4 is 10.2 Å². The summed E-state index contributed by atoms with van der Waals surface area (Å²) in [5, 5.41) is 2.91. The van der Waals surface area contributed by atoms with Gasteiger partial charge in [0.2, 0.25) is 11.8 Å². The Kier molecular flexibility index (Phi) is 6.73. The van der Waals surface area contributed by atoms with E-state index < -0.39 is 0 Å². The number of hydrogen-bond donors (Lipinski definition) is 1. The molecule has 2 saturated heterocycles. The monoisotopic (exact) mass is 384 g/mol. The molecule has 2 fully saturated rings. The molecule has 6 nitrogen and oxygen atoms in total. The van der Waals surface area contributed by atoms with E-state index in [9.17, 15) is 9.59 Å². The summed E-state index contributed by atoms with van der Waals surface area (Å²) in [7, 11) is 0. The SMILES string of the molecule is CC(C)=CCN1CCNC(=O)[C@H]1CC(=O)N1CCN(c2ccccc2C)CC1. The molecule has 0 radical (unpaired) electrons. The van der Waals surface area contributed by atoms with Crippen LogP contribution in [0.25, 0.3) is 0 Å². The molecule has 2 heterocycles. The van der Waals surface area contributed by atoms with Crippen molar-refractivity contribution in [1.82, 2.24) is 15.1 Å². The highest BCUT2D eigenvalue weighted by Crippen LogP contribution is 2.21. The number of rotatable bonds is 5. The average Bonchev–Trinajstić information content (AvgIpc) is 2.69. The van der Waals surface area contributed by atoms with Crippen LogP contribution in [0, 0.1) is 6.92 Å². The molecule has 1 aromatic rings. The number of amides is 2. The van der Waals surface area contributed by atoms with Crippen LogP contribution in [0.1, 0.15) is 25.8 Å². The van der Waals surface area contributed by atoms with Crippen LogP contribution in [0.2, 0.25) is 0 Å². The van der Waals surface area contributed by atoms with E-state index in [0.29, 0.717) is 19.6 Å². The first kappa shape index (κ1) is 20.4. The first-order chi connectivity index (χ1) is 13.5. The molecule has 0 aromatic heterocycles. The van der Waals surface area contributed by atoms with Crippen molar-refractivity contribution in [3.8, 4) is 0 Å². The van der Waals surface area contributed by atoms with Crippen LogP contribution >= 0.6 is 0 Å². The van der Waals surface area contributed by atoms with Gasteiger partial charge in [0, 0.05) is 51.5 Å². The maximum atomic E-state index is 12.9. The Morgan fingerprint density at radius 3 is 2.54 bits per heavy atom. The number of hydrogen-bond acceptors (Lipinski definition) is 4. The minimum atomic E-state index is -0.369. The zero-order valence-electron chi connectivity index (χ0n) is 17.3. The fourth-order valence-corrected chi connectivity index (χ4v) is 3.91. The van der Waals surface area contributed by atoms with Crippen molar-refractivity contribution >= 4 is 17.5 Å². The average molecular weight is 385 g/mol. The topological polar surface area (TPSA) is 55.9 Å². The van der Waals surface area contributed by atoms with E-state index in [-0.39, 0.29) is 24.3 Å². The lowest BCUT2D eigenvalue weighted by Gasteiger charge is -2.39. The molecule has 0 unspecified atom stereocenters. The molecule has 0 aliphatic carbocycles. The number of aryl methyl sites for hydroxylation is 1. The predicted molar refractivity (Wildman–Crippen MR) is 112 cm³/mol. The summed E-state index contributed by atoms with van der Waals surface area (Å²) in [6.07, 6.45) is 2.38. The molecule has 1 atom stereocenters. The van der Waals surface area contributed by atoms with Crippen molar-refractivity contribution in [2.75, 3.05) is 50.7 Å². The van der Waals surface area contributed by atoms with Gasteiger partial charge >= 0.3 is 0 Å². The molecular formula is C22H32N4O2. The molecule has 2 aliphatic rings. The van der Waals surface area contributed by atoms with E-state index in [1.165, 1.54) is 16.8 Å². The van der Waals surface area contributed by atoms with E-state index >= 15 is 0 Å². The summed E-state index contributed by atoms with van der Waals surface area (Å²) in [5.74, 6) is 0.0500. The van der Waals surface area contributed by atoms with Gasteiger partial charge in [-0.25, -0.2) is 0 Å². The molecular weight excluding hydrogens is 352 g/mol. The van der Waals surface area contributed by atoms with Gasteiger partial charge in [-0.1, -0.05) is 29.8 Å². The van der Waals surface area contributed by atoms with E-state index in [0.717, 1.165) is 26.2 Å². The lowest BCUT2D eigenvalue weighted by molar-refractivity contribution is -0.138. The number of nitrogens with one attached hydrogen (secondary N) is 1. The second kappa shape index (κ2) is 9.24. The number of piperazine rings is 2. The van der Waals surface area contributed by atoms with Gasteiger partial charge in [-0.15, -0.1) is 0 Å². The van der Waals surface area contributed by atoms with Crippen LogP contribution in [-0.4, -0.2) is 73.5 Å². The number of nitrogens with zero attached hydrogens (tertiary/aromatic N) is 3. The predicted octanol–water partition coefficient (Wildman–Crippen LogP) is 1.80. The van der Waals surface area contributed by atoms with Gasteiger partial charge in [0.15, 0.2) is 0 Å². The van der Waals surface area contributed by atoms with E-state index in [2.05, 4.69) is 66.2 Å². The fourth-order valence-electron chi connectivity index (χ4n) is 3.91. The lowest BCUT2D eigenvalue weighted by Crippen LogP contribution is -2.57. The van der Waals surface area contributed by atoms with Crippen molar-refractivity contribution in [3.05, 3.63) is 41.5 Å². The molecule has 0 spiro atoms. The van der Waals surface area contributed by atoms with Gasteiger partial charge in [-0.3, -0.25) is 14.5 Å². The maximum absolute atomic E-state index is 12.9. The summed E-state index contributed by atoms with van der Waals surface area (Å²) in [4.78, 5) is 31.7. The summed E-state index contributed by atoms with van der Waals surface area (Å²) in [5.41, 5.74) is 3.73. The summed E-state index contributed by atoms with van der Waals surface area (Å²) in [6, 6.07) is 8.00. The van der Waals surface area contributed by atoms with Gasteiger partial charge in [0.1, 0.15) is 0 Å². The van der Waals surface area contributed by atoms with Crippen molar-refractivity contribution in [1.29, 1.82) is 0 Å². The molecule has 3 rings (SSSR count). The lowest BCUT2D eigenvalue weighted by atomic mass is 10.1. The Morgan fingerprint density at radius 2 is 1.86 bits per heavy atom. The van der Waals surface area contributed by atoms with Gasteiger partial charge in [0.25, 0.3) is 0 Å². The quantitative estimate of drug-likeness (QED) is 0.787. The Hall–Kier alpha value is -2.34. The Morgan fingerprint density at radius 1 is 1.14 bits per heavy atom. The van der Waals surface area contributed by atoms with Crippen LogP contribution in [0.15, 0.2) is 35.9 Å². The molecule has 28 heavy (non-hydrogen) atoms. The number of benzene rings is 1. The highest BCUT2D eigenvalue weighted by molar-refractivity contribution is 5.89. The summed E-state index contributed by atoms with van der Waals surface area (Å²) >= 11 is 0. The van der Waals surface area contributed by atoms with Gasteiger partial charge < -0.3 is 15.1 Å². The third-order valence-corrected chi connectivity index (χ3v) is 5.63. The molecule has 152 valence electrons. The van der Waals surface area contributed by atoms with E-state index in [4.69, 9.17) is 0 Å². The number of anilines is 1. The van der Waals surface area contributed by atoms with Crippen molar-refractivity contribution < 1.29 is 9.59 Å². The Labute approximate surface area is 168 Å². The second-order valence-electron chi connectivity index (χ2n) is 7.94. The molecule has 0 bridgehead atoms. The van der Waals surface area contributed by atoms with Crippen molar-refractivity contribution in [2.24, 2.45) is 0 Å². The first-order valence-corrected chi connectivity index (χ1v) is 10.2. The molecule has 1 aromatic carbocycles. The second-order valence-corrected chi connectivity index (χ2v) is 7.94. The third-order valence-electron chi connectivity index (χ3n) is 5.63. The van der Waals surface area contributed by atoms with E-state index in [1.807, 2.05) is 4.90 Å². The standard InChI is InChI=1S/C22H32N4O2/c1-17(2)8-10-24-11-9-23-22(28)20(24)16-21(27)26-14-12-25(13-15-26)19-7-5-4-6-18(19)3/h4-8,20H,9-16H2,1-3H3,(H,23,28)/t20-/m1/s1.